The van der Waals surface area contributed by atoms with Gasteiger partial charge in [0.2, 0.25) is 0 Å². The van der Waals surface area contributed by atoms with Crippen molar-refractivity contribution in [1.82, 2.24) is 14.3 Å². The molecule has 26 heavy (non-hydrogen) atoms. The number of hydrogen-bond acceptors (Lipinski definition) is 3. The Hall–Kier alpha value is -3.34. The Labute approximate surface area is 146 Å². The van der Waals surface area contributed by atoms with Crippen LogP contribution in [0.1, 0.15) is 22.5 Å². The van der Waals surface area contributed by atoms with E-state index >= 15 is 0 Å². The molecule has 5 nitrogen and oxygen atoms in total. The van der Waals surface area contributed by atoms with E-state index in [2.05, 4.69) is 5.10 Å². The van der Waals surface area contributed by atoms with E-state index in [9.17, 15) is 23.2 Å². The number of para-hydroxylation sites is 1. The highest BCUT2D eigenvalue weighted by molar-refractivity contribution is 5.43. The third kappa shape index (κ3) is 3.24. The number of benzene rings is 1. The lowest BCUT2D eigenvalue weighted by molar-refractivity contribution is -0.138. The molecule has 1 aromatic carbocycles. The van der Waals surface area contributed by atoms with Crippen molar-refractivity contribution in [2.24, 2.45) is 0 Å². The topological polar surface area (TPSA) is 63.6 Å². The van der Waals surface area contributed by atoms with Gasteiger partial charge in [0.1, 0.15) is 6.07 Å². The Balaban J connectivity index is 2.14. The Morgan fingerprint density at radius 2 is 1.85 bits per heavy atom. The second-order valence-electron chi connectivity index (χ2n) is 5.65. The third-order valence-electron chi connectivity index (χ3n) is 3.90. The molecule has 0 amide bonds. The normalized spacial score (nSPS) is 11.3. The molecule has 2 heterocycles. The van der Waals surface area contributed by atoms with Crippen molar-refractivity contribution in [2.45, 2.75) is 19.6 Å². The summed E-state index contributed by atoms with van der Waals surface area (Å²) in [5, 5.41) is 13.7. The predicted octanol–water partition coefficient (Wildman–Crippen LogP) is 3.28. The quantitative estimate of drug-likeness (QED) is 0.722. The molecule has 3 rings (SSSR count). The number of rotatable bonds is 3. The largest absolute Gasteiger partial charge is 0.417 e. The molecule has 0 bridgehead atoms. The summed E-state index contributed by atoms with van der Waals surface area (Å²) in [4.78, 5) is 12.0. The van der Waals surface area contributed by atoms with Crippen LogP contribution in [0.15, 0.2) is 53.5 Å². The number of nitrogens with zero attached hydrogens (tertiary/aromatic N) is 4. The van der Waals surface area contributed by atoms with Crippen LogP contribution in [0.25, 0.3) is 5.69 Å². The van der Waals surface area contributed by atoms with Crippen LogP contribution in [0.3, 0.4) is 0 Å². The lowest BCUT2D eigenvalue weighted by Crippen LogP contribution is -2.23. The predicted molar refractivity (Wildman–Crippen MR) is 87.8 cm³/mol. The summed E-state index contributed by atoms with van der Waals surface area (Å²) >= 11 is 0. The summed E-state index contributed by atoms with van der Waals surface area (Å²) in [5.41, 5.74) is 0.132. The van der Waals surface area contributed by atoms with Crippen LogP contribution in [0, 0.1) is 18.3 Å². The molecule has 0 unspecified atom stereocenters. The Morgan fingerprint density at radius 3 is 2.46 bits per heavy atom. The first-order chi connectivity index (χ1) is 12.3. The van der Waals surface area contributed by atoms with E-state index in [0.29, 0.717) is 17.1 Å². The Morgan fingerprint density at radius 1 is 1.15 bits per heavy atom. The van der Waals surface area contributed by atoms with E-state index in [-0.39, 0.29) is 12.1 Å². The van der Waals surface area contributed by atoms with E-state index < -0.39 is 17.3 Å². The molecular formula is C18H13F3N4O. The minimum Gasteiger partial charge on any atom is -0.309 e. The summed E-state index contributed by atoms with van der Waals surface area (Å²) in [5.74, 6) is 0. The van der Waals surface area contributed by atoms with Crippen molar-refractivity contribution in [2.75, 3.05) is 0 Å². The van der Waals surface area contributed by atoms with Crippen LogP contribution in [-0.4, -0.2) is 14.3 Å². The standard InChI is InChI=1S/C18H13F3N4O/c1-12-15(9-22)16(25(23-12)14-5-3-2-4-6-14)11-24-10-13(18(19,20)21)7-8-17(24)26/h2-8,10H,11H2,1H3. The van der Waals surface area contributed by atoms with Gasteiger partial charge in [-0.1, -0.05) is 18.2 Å². The molecular weight excluding hydrogens is 345 g/mol. The maximum atomic E-state index is 12.9. The van der Waals surface area contributed by atoms with E-state index in [1.165, 1.54) is 4.68 Å². The molecule has 0 saturated heterocycles. The van der Waals surface area contributed by atoms with Crippen molar-refractivity contribution in [3.63, 3.8) is 0 Å². The van der Waals surface area contributed by atoms with Crippen LogP contribution in [-0.2, 0) is 12.7 Å². The zero-order valence-electron chi connectivity index (χ0n) is 13.7. The Kier molecular flexibility index (Phi) is 4.38. The molecule has 0 saturated carbocycles. The van der Waals surface area contributed by atoms with Crippen LogP contribution in [0.5, 0.6) is 0 Å². The molecule has 0 aliphatic carbocycles. The molecule has 0 radical (unpaired) electrons. The van der Waals surface area contributed by atoms with Crippen molar-refractivity contribution in [3.8, 4) is 11.8 Å². The average Bonchev–Trinajstić information content (AvgIpc) is 2.92. The van der Waals surface area contributed by atoms with Crippen molar-refractivity contribution < 1.29 is 13.2 Å². The number of alkyl halides is 3. The van der Waals surface area contributed by atoms with E-state index in [1.54, 1.807) is 31.2 Å². The van der Waals surface area contributed by atoms with Gasteiger partial charge in [-0.2, -0.15) is 23.5 Å². The highest BCUT2D eigenvalue weighted by atomic mass is 19.4. The number of pyridine rings is 1. The number of aromatic nitrogens is 3. The van der Waals surface area contributed by atoms with E-state index in [1.807, 2.05) is 12.1 Å². The van der Waals surface area contributed by atoms with Gasteiger partial charge in [0.25, 0.3) is 5.56 Å². The van der Waals surface area contributed by atoms with Gasteiger partial charge in [0.15, 0.2) is 0 Å². The SMILES string of the molecule is Cc1nn(-c2ccccc2)c(Cn2cc(C(F)(F)F)ccc2=O)c1C#N. The molecule has 0 spiro atoms. The zero-order valence-corrected chi connectivity index (χ0v) is 13.7. The number of aryl methyl sites for hydroxylation is 1. The maximum absolute atomic E-state index is 12.9. The fraction of sp³-hybridized carbons (Fsp3) is 0.167. The van der Waals surface area contributed by atoms with Crippen LogP contribution < -0.4 is 5.56 Å². The molecule has 0 aliphatic rings. The van der Waals surface area contributed by atoms with Gasteiger partial charge in [-0.3, -0.25) is 4.79 Å². The van der Waals surface area contributed by atoms with Crippen LogP contribution in [0.4, 0.5) is 13.2 Å². The Bertz CT molecular complexity index is 1040. The molecule has 8 heteroatoms. The summed E-state index contributed by atoms with van der Waals surface area (Å²) in [6.45, 7) is 1.43. The van der Waals surface area contributed by atoms with Gasteiger partial charge in [-0.15, -0.1) is 0 Å². The molecule has 0 atom stereocenters. The molecule has 0 N–H and O–H groups in total. The van der Waals surface area contributed by atoms with E-state index in [4.69, 9.17) is 0 Å². The smallest absolute Gasteiger partial charge is 0.309 e. The first-order valence-corrected chi connectivity index (χ1v) is 7.63. The summed E-state index contributed by atoms with van der Waals surface area (Å²) in [7, 11) is 0. The fourth-order valence-corrected chi connectivity index (χ4v) is 2.63. The molecule has 132 valence electrons. The average molecular weight is 358 g/mol. The molecule has 0 fully saturated rings. The molecule has 2 aromatic heterocycles. The van der Waals surface area contributed by atoms with Crippen LogP contribution in [0.2, 0.25) is 0 Å². The monoisotopic (exact) mass is 358 g/mol. The molecule has 0 aliphatic heterocycles. The van der Waals surface area contributed by atoms with E-state index in [0.717, 1.165) is 22.9 Å². The first-order valence-electron chi connectivity index (χ1n) is 7.63. The van der Waals surface area contributed by atoms with Gasteiger partial charge in [0.05, 0.1) is 34.7 Å². The summed E-state index contributed by atoms with van der Waals surface area (Å²) < 4.78 is 41.2. The summed E-state index contributed by atoms with van der Waals surface area (Å²) in [6.07, 6.45) is -3.82. The lowest BCUT2D eigenvalue weighted by atomic mass is 10.2. The molecule has 3 aromatic rings. The van der Waals surface area contributed by atoms with Crippen molar-refractivity contribution >= 4 is 0 Å². The van der Waals surface area contributed by atoms with Crippen molar-refractivity contribution in [1.29, 1.82) is 5.26 Å². The maximum Gasteiger partial charge on any atom is 0.417 e. The van der Waals surface area contributed by atoms with Gasteiger partial charge in [-0.05, 0) is 25.1 Å². The minimum atomic E-state index is -4.57. The third-order valence-corrected chi connectivity index (χ3v) is 3.90. The van der Waals surface area contributed by atoms with Gasteiger partial charge < -0.3 is 4.57 Å². The lowest BCUT2D eigenvalue weighted by Gasteiger charge is -2.12. The zero-order chi connectivity index (χ0) is 18.9. The van der Waals surface area contributed by atoms with Gasteiger partial charge in [-0.25, -0.2) is 4.68 Å². The highest BCUT2D eigenvalue weighted by Crippen LogP contribution is 2.28. The summed E-state index contributed by atoms with van der Waals surface area (Å²) in [6, 6.07) is 12.5. The minimum absolute atomic E-state index is 0.207. The van der Waals surface area contributed by atoms with Crippen molar-refractivity contribution in [3.05, 3.63) is 81.5 Å². The van der Waals surface area contributed by atoms with Gasteiger partial charge in [0, 0.05) is 12.3 Å². The van der Waals surface area contributed by atoms with Gasteiger partial charge >= 0.3 is 6.18 Å². The number of hydrogen-bond donors (Lipinski definition) is 0. The highest BCUT2D eigenvalue weighted by Gasteiger charge is 2.31. The second-order valence-corrected chi connectivity index (χ2v) is 5.65. The second kappa shape index (κ2) is 6.52. The first kappa shape index (κ1) is 17.5. The number of nitriles is 1. The number of halogens is 3. The van der Waals surface area contributed by atoms with Crippen LogP contribution >= 0.6 is 0 Å². The fourth-order valence-electron chi connectivity index (χ4n) is 2.63.